The summed E-state index contributed by atoms with van der Waals surface area (Å²) in [6.07, 6.45) is 3.25. The Morgan fingerprint density at radius 2 is 2.39 bits per heavy atom. The van der Waals surface area contributed by atoms with Gasteiger partial charge in [0.25, 0.3) is 0 Å². The highest BCUT2D eigenvalue weighted by atomic mass is 19.1. The predicted molar refractivity (Wildman–Crippen MR) is 68.2 cm³/mol. The SMILES string of the molecule is CCNc1ncc(F)c(NCCC2CCOC2)n1. The number of halogens is 1. The first-order valence-corrected chi connectivity index (χ1v) is 6.37. The van der Waals surface area contributed by atoms with Gasteiger partial charge in [-0.2, -0.15) is 4.98 Å². The molecule has 1 saturated heterocycles. The molecule has 1 aromatic heterocycles. The van der Waals surface area contributed by atoms with Crippen LogP contribution in [0.2, 0.25) is 0 Å². The third kappa shape index (κ3) is 3.53. The summed E-state index contributed by atoms with van der Waals surface area (Å²) in [5, 5.41) is 5.97. The average Bonchev–Trinajstić information content (AvgIpc) is 2.86. The van der Waals surface area contributed by atoms with E-state index in [-0.39, 0.29) is 5.82 Å². The maximum atomic E-state index is 13.5. The van der Waals surface area contributed by atoms with Crippen LogP contribution in [0.25, 0.3) is 0 Å². The van der Waals surface area contributed by atoms with E-state index < -0.39 is 5.82 Å². The van der Waals surface area contributed by atoms with Gasteiger partial charge in [-0.3, -0.25) is 0 Å². The number of hydrogen-bond donors (Lipinski definition) is 2. The van der Waals surface area contributed by atoms with Crippen LogP contribution < -0.4 is 10.6 Å². The van der Waals surface area contributed by atoms with E-state index in [0.29, 0.717) is 25.0 Å². The number of anilines is 2. The van der Waals surface area contributed by atoms with Crippen molar-refractivity contribution in [3.05, 3.63) is 12.0 Å². The summed E-state index contributed by atoms with van der Waals surface area (Å²) in [4.78, 5) is 7.94. The lowest BCUT2D eigenvalue weighted by Crippen LogP contribution is -2.12. The monoisotopic (exact) mass is 254 g/mol. The van der Waals surface area contributed by atoms with E-state index in [0.717, 1.165) is 26.1 Å². The van der Waals surface area contributed by atoms with Crippen molar-refractivity contribution in [2.75, 3.05) is 36.9 Å². The second-order valence-electron chi connectivity index (χ2n) is 4.37. The number of nitrogens with one attached hydrogen (secondary N) is 2. The van der Waals surface area contributed by atoms with Crippen molar-refractivity contribution < 1.29 is 9.13 Å². The molecule has 0 radical (unpaired) electrons. The molecular formula is C12H19FN4O. The molecule has 0 saturated carbocycles. The highest BCUT2D eigenvalue weighted by Crippen LogP contribution is 2.17. The van der Waals surface area contributed by atoms with Crippen molar-refractivity contribution >= 4 is 11.8 Å². The molecule has 18 heavy (non-hydrogen) atoms. The molecule has 2 N–H and O–H groups in total. The first kappa shape index (κ1) is 13.0. The quantitative estimate of drug-likeness (QED) is 0.811. The van der Waals surface area contributed by atoms with Crippen LogP contribution >= 0.6 is 0 Å². The lowest BCUT2D eigenvalue weighted by Gasteiger charge is -2.10. The minimum absolute atomic E-state index is 0.264. The van der Waals surface area contributed by atoms with Crippen molar-refractivity contribution in [2.24, 2.45) is 5.92 Å². The van der Waals surface area contributed by atoms with Gasteiger partial charge < -0.3 is 15.4 Å². The van der Waals surface area contributed by atoms with E-state index in [9.17, 15) is 4.39 Å². The van der Waals surface area contributed by atoms with Crippen molar-refractivity contribution in [2.45, 2.75) is 19.8 Å². The van der Waals surface area contributed by atoms with Crippen LogP contribution in [0.15, 0.2) is 6.20 Å². The molecule has 5 nitrogen and oxygen atoms in total. The summed E-state index contributed by atoms with van der Waals surface area (Å²) < 4.78 is 18.8. The third-order valence-electron chi connectivity index (χ3n) is 2.95. The van der Waals surface area contributed by atoms with Crippen LogP contribution in [0, 0.1) is 11.7 Å². The minimum atomic E-state index is -0.417. The molecule has 0 aromatic carbocycles. The molecule has 1 aromatic rings. The Hall–Kier alpha value is -1.43. The summed E-state index contributed by atoms with van der Waals surface area (Å²) in [5.74, 6) is 0.875. The zero-order valence-corrected chi connectivity index (χ0v) is 10.6. The van der Waals surface area contributed by atoms with Gasteiger partial charge in [0, 0.05) is 26.3 Å². The molecule has 1 aliphatic rings. The standard InChI is InChI=1S/C12H19FN4O/c1-2-14-12-16-7-10(13)11(17-12)15-5-3-9-4-6-18-8-9/h7,9H,2-6,8H2,1H3,(H2,14,15,16,17). The Bertz CT molecular complexity index is 382. The zero-order valence-electron chi connectivity index (χ0n) is 10.6. The number of rotatable bonds is 6. The average molecular weight is 254 g/mol. The molecule has 6 heteroatoms. The first-order valence-electron chi connectivity index (χ1n) is 6.37. The molecule has 1 fully saturated rings. The molecule has 0 amide bonds. The van der Waals surface area contributed by atoms with Crippen LogP contribution in [0.5, 0.6) is 0 Å². The van der Waals surface area contributed by atoms with Crippen LogP contribution in [0.1, 0.15) is 19.8 Å². The molecule has 1 atom stereocenters. The van der Waals surface area contributed by atoms with Crippen molar-refractivity contribution in [1.29, 1.82) is 0 Å². The van der Waals surface area contributed by atoms with E-state index in [1.165, 1.54) is 6.20 Å². The fourth-order valence-corrected chi connectivity index (χ4v) is 1.94. The molecule has 0 spiro atoms. The van der Waals surface area contributed by atoms with Gasteiger partial charge in [0.15, 0.2) is 11.6 Å². The van der Waals surface area contributed by atoms with Crippen molar-refractivity contribution in [1.82, 2.24) is 9.97 Å². The summed E-state index contributed by atoms with van der Waals surface area (Å²) in [6.45, 7) is 5.02. The van der Waals surface area contributed by atoms with Crippen molar-refractivity contribution in [3.63, 3.8) is 0 Å². The Labute approximate surface area is 106 Å². The van der Waals surface area contributed by atoms with Crippen LogP contribution in [-0.2, 0) is 4.74 Å². The Morgan fingerprint density at radius 1 is 1.50 bits per heavy atom. The highest BCUT2D eigenvalue weighted by Gasteiger charge is 2.15. The van der Waals surface area contributed by atoms with Gasteiger partial charge in [0.05, 0.1) is 6.20 Å². The zero-order chi connectivity index (χ0) is 12.8. The number of hydrogen-bond acceptors (Lipinski definition) is 5. The van der Waals surface area contributed by atoms with Gasteiger partial charge >= 0.3 is 0 Å². The Balaban J connectivity index is 1.85. The second-order valence-corrected chi connectivity index (χ2v) is 4.37. The summed E-state index contributed by atoms with van der Waals surface area (Å²) in [6, 6.07) is 0. The van der Waals surface area contributed by atoms with E-state index in [1.54, 1.807) is 0 Å². The highest BCUT2D eigenvalue weighted by molar-refractivity contribution is 5.40. The van der Waals surface area contributed by atoms with Gasteiger partial charge in [0.2, 0.25) is 5.95 Å². The molecule has 0 aliphatic carbocycles. The summed E-state index contributed by atoms with van der Waals surface area (Å²) >= 11 is 0. The van der Waals surface area contributed by atoms with Crippen LogP contribution in [-0.4, -0.2) is 36.3 Å². The molecule has 2 rings (SSSR count). The van der Waals surface area contributed by atoms with Crippen molar-refractivity contribution in [3.8, 4) is 0 Å². The molecule has 2 heterocycles. The topological polar surface area (TPSA) is 59.1 Å². The smallest absolute Gasteiger partial charge is 0.224 e. The normalized spacial score (nSPS) is 18.9. The largest absolute Gasteiger partial charge is 0.381 e. The number of ether oxygens (including phenoxy) is 1. The number of aromatic nitrogens is 2. The Morgan fingerprint density at radius 3 is 3.11 bits per heavy atom. The summed E-state index contributed by atoms with van der Waals surface area (Å²) in [5.41, 5.74) is 0. The molecular weight excluding hydrogens is 235 g/mol. The van der Waals surface area contributed by atoms with E-state index in [4.69, 9.17) is 4.74 Å². The predicted octanol–water partition coefficient (Wildman–Crippen LogP) is 1.89. The first-order chi connectivity index (χ1) is 8.79. The molecule has 100 valence electrons. The molecule has 1 aliphatic heterocycles. The van der Waals surface area contributed by atoms with Gasteiger partial charge in [-0.05, 0) is 25.7 Å². The summed E-state index contributed by atoms with van der Waals surface area (Å²) in [7, 11) is 0. The molecule has 1 unspecified atom stereocenters. The number of nitrogens with zero attached hydrogens (tertiary/aromatic N) is 2. The van der Waals surface area contributed by atoms with Gasteiger partial charge in [-0.1, -0.05) is 0 Å². The van der Waals surface area contributed by atoms with E-state index in [2.05, 4.69) is 20.6 Å². The molecule has 0 bridgehead atoms. The third-order valence-corrected chi connectivity index (χ3v) is 2.95. The maximum absolute atomic E-state index is 13.5. The van der Waals surface area contributed by atoms with Gasteiger partial charge in [-0.25, -0.2) is 9.37 Å². The maximum Gasteiger partial charge on any atom is 0.224 e. The van der Waals surface area contributed by atoms with Gasteiger partial charge in [-0.15, -0.1) is 0 Å². The fourth-order valence-electron chi connectivity index (χ4n) is 1.94. The lowest BCUT2D eigenvalue weighted by molar-refractivity contribution is 0.185. The van der Waals surface area contributed by atoms with Gasteiger partial charge in [0.1, 0.15) is 0 Å². The Kier molecular flexibility index (Phi) is 4.69. The van der Waals surface area contributed by atoms with Crippen LogP contribution in [0.3, 0.4) is 0 Å². The second kappa shape index (κ2) is 6.49. The fraction of sp³-hybridized carbons (Fsp3) is 0.667. The lowest BCUT2D eigenvalue weighted by atomic mass is 10.1. The minimum Gasteiger partial charge on any atom is -0.381 e. The van der Waals surface area contributed by atoms with E-state index >= 15 is 0 Å². The van der Waals surface area contributed by atoms with Crippen LogP contribution in [0.4, 0.5) is 16.2 Å². The van der Waals surface area contributed by atoms with E-state index in [1.807, 2.05) is 6.92 Å².